The highest BCUT2D eigenvalue weighted by atomic mass is 16.2. The Kier molecular flexibility index (Phi) is 3.99. The van der Waals surface area contributed by atoms with Crippen molar-refractivity contribution in [1.82, 2.24) is 10.2 Å². The normalized spacial score (nSPS) is 25.1. The summed E-state index contributed by atoms with van der Waals surface area (Å²) in [6.07, 6.45) is 7.12. The molecule has 1 N–H and O–H groups in total. The predicted octanol–water partition coefficient (Wildman–Crippen LogP) is 1.55. The second-order valence-electron chi connectivity index (χ2n) is 4.98. The number of carbonyl (C=O) groups is 1. The first-order chi connectivity index (χ1) is 7.81. The van der Waals surface area contributed by atoms with Crippen LogP contribution in [-0.2, 0) is 4.79 Å². The van der Waals surface area contributed by atoms with Gasteiger partial charge < -0.3 is 10.2 Å². The molecule has 0 radical (unpaired) electrons. The molecule has 0 aromatic carbocycles. The lowest BCUT2D eigenvalue weighted by Crippen LogP contribution is -2.42. The smallest absolute Gasteiger partial charge is 0.226 e. The molecule has 0 bridgehead atoms. The van der Waals surface area contributed by atoms with E-state index in [9.17, 15) is 4.79 Å². The van der Waals surface area contributed by atoms with Crippen molar-refractivity contribution in [2.45, 2.75) is 38.1 Å². The van der Waals surface area contributed by atoms with Gasteiger partial charge in [0, 0.05) is 19.0 Å². The molecule has 1 aliphatic heterocycles. The van der Waals surface area contributed by atoms with Crippen LogP contribution in [0.25, 0.3) is 0 Å². The molecule has 3 nitrogen and oxygen atoms in total. The summed E-state index contributed by atoms with van der Waals surface area (Å²) in [6.45, 7) is 6.81. The van der Waals surface area contributed by atoms with Gasteiger partial charge in [0.05, 0.1) is 0 Å². The number of amides is 1. The lowest BCUT2D eigenvalue weighted by Gasteiger charge is -2.30. The number of carbonyl (C=O) groups excluding carboxylic acids is 1. The number of hydrogen-bond acceptors (Lipinski definition) is 2. The zero-order chi connectivity index (χ0) is 11.4. The number of nitrogens with one attached hydrogen (secondary N) is 1. The first-order valence-corrected chi connectivity index (χ1v) is 6.42. The molecule has 1 saturated heterocycles. The van der Waals surface area contributed by atoms with Crippen LogP contribution in [0.5, 0.6) is 0 Å². The van der Waals surface area contributed by atoms with Gasteiger partial charge in [-0.05, 0) is 44.7 Å². The van der Waals surface area contributed by atoms with Gasteiger partial charge in [-0.3, -0.25) is 4.79 Å². The Morgan fingerprint density at radius 2 is 2.25 bits per heavy atom. The average molecular weight is 222 g/mol. The van der Waals surface area contributed by atoms with E-state index in [4.69, 9.17) is 0 Å². The van der Waals surface area contributed by atoms with Gasteiger partial charge in [0.15, 0.2) is 0 Å². The van der Waals surface area contributed by atoms with Gasteiger partial charge in [-0.2, -0.15) is 0 Å². The van der Waals surface area contributed by atoms with Crippen molar-refractivity contribution in [2.24, 2.45) is 5.92 Å². The molecule has 2 fully saturated rings. The van der Waals surface area contributed by atoms with Gasteiger partial charge in [0.25, 0.3) is 0 Å². The Hall–Kier alpha value is -0.830. The van der Waals surface area contributed by atoms with E-state index in [2.05, 4.69) is 16.8 Å². The molecule has 1 aliphatic carbocycles. The molecule has 3 heteroatoms. The molecular formula is C13H22N2O. The highest BCUT2D eigenvalue weighted by Crippen LogP contribution is 2.29. The highest BCUT2D eigenvalue weighted by Gasteiger charge is 2.33. The van der Waals surface area contributed by atoms with Gasteiger partial charge in [-0.25, -0.2) is 0 Å². The number of hydrogen-bond donors (Lipinski definition) is 1. The van der Waals surface area contributed by atoms with Crippen molar-refractivity contribution < 1.29 is 4.79 Å². The van der Waals surface area contributed by atoms with Crippen LogP contribution in [0.1, 0.15) is 32.1 Å². The van der Waals surface area contributed by atoms with E-state index in [0.717, 1.165) is 19.6 Å². The SMILES string of the molecule is C=CCC(=O)N(CC1CCCNC1)C1CC1. The van der Waals surface area contributed by atoms with Crippen LogP contribution >= 0.6 is 0 Å². The Labute approximate surface area is 97.9 Å². The first-order valence-electron chi connectivity index (χ1n) is 6.42. The minimum Gasteiger partial charge on any atom is -0.339 e. The van der Waals surface area contributed by atoms with E-state index in [-0.39, 0.29) is 5.91 Å². The van der Waals surface area contributed by atoms with Crippen LogP contribution in [-0.4, -0.2) is 36.5 Å². The second-order valence-corrected chi connectivity index (χ2v) is 4.98. The molecular weight excluding hydrogens is 200 g/mol. The highest BCUT2D eigenvalue weighted by molar-refractivity contribution is 5.78. The standard InChI is InChI=1S/C13H22N2O/c1-2-4-13(16)15(12-6-7-12)10-11-5-3-8-14-9-11/h2,11-12,14H,1,3-10H2. The molecule has 1 amide bonds. The number of rotatable bonds is 5. The fraction of sp³-hybridized carbons (Fsp3) is 0.769. The van der Waals surface area contributed by atoms with Crippen LogP contribution in [0.4, 0.5) is 0 Å². The molecule has 2 aliphatic rings. The molecule has 1 heterocycles. The maximum Gasteiger partial charge on any atom is 0.226 e. The summed E-state index contributed by atoms with van der Waals surface area (Å²) >= 11 is 0. The van der Waals surface area contributed by atoms with E-state index in [1.54, 1.807) is 6.08 Å². The third kappa shape index (κ3) is 3.08. The van der Waals surface area contributed by atoms with E-state index in [1.807, 2.05) is 0 Å². The van der Waals surface area contributed by atoms with Crippen LogP contribution in [0.2, 0.25) is 0 Å². The van der Waals surface area contributed by atoms with E-state index >= 15 is 0 Å². The monoisotopic (exact) mass is 222 g/mol. The van der Waals surface area contributed by atoms with Gasteiger partial charge in [0.2, 0.25) is 5.91 Å². The van der Waals surface area contributed by atoms with E-state index in [1.165, 1.54) is 25.7 Å². The minimum atomic E-state index is 0.267. The summed E-state index contributed by atoms with van der Waals surface area (Å²) in [5.74, 6) is 0.922. The molecule has 0 aromatic rings. The Balaban J connectivity index is 1.86. The lowest BCUT2D eigenvalue weighted by atomic mass is 9.99. The molecule has 1 atom stereocenters. The molecule has 16 heavy (non-hydrogen) atoms. The maximum absolute atomic E-state index is 11.9. The zero-order valence-electron chi connectivity index (χ0n) is 9.95. The van der Waals surface area contributed by atoms with Crippen molar-refractivity contribution in [3.63, 3.8) is 0 Å². The molecule has 0 spiro atoms. The summed E-state index contributed by atoms with van der Waals surface area (Å²) < 4.78 is 0. The molecule has 0 aromatic heterocycles. The van der Waals surface area contributed by atoms with Gasteiger partial charge >= 0.3 is 0 Å². The maximum atomic E-state index is 11.9. The molecule has 1 unspecified atom stereocenters. The fourth-order valence-electron chi connectivity index (χ4n) is 2.44. The minimum absolute atomic E-state index is 0.267. The second kappa shape index (κ2) is 5.48. The lowest BCUT2D eigenvalue weighted by molar-refractivity contribution is -0.131. The summed E-state index contributed by atoms with van der Waals surface area (Å²) in [6, 6.07) is 0.536. The zero-order valence-corrected chi connectivity index (χ0v) is 9.95. The number of nitrogens with zero attached hydrogens (tertiary/aromatic N) is 1. The average Bonchev–Trinajstić information content (AvgIpc) is 3.11. The Bertz CT molecular complexity index is 255. The van der Waals surface area contributed by atoms with E-state index < -0.39 is 0 Å². The number of piperidine rings is 1. The van der Waals surface area contributed by atoms with Crippen molar-refractivity contribution >= 4 is 5.91 Å². The molecule has 90 valence electrons. The summed E-state index contributed by atoms with van der Waals surface area (Å²) in [7, 11) is 0. The van der Waals surface area contributed by atoms with Crippen molar-refractivity contribution in [3.05, 3.63) is 12.7 Å². The van der Waals surface area contributed by atoms with Crippen molar-refractivity contribution in [1.29, 1.82) is 0 Å². The third-order valence-electron chi connectivity index (χ3n) is 3.48. The molecule has 1 saturated carbocycles. The summed E-state index contributed by atoms with van der Waals surface area (Å²) in [4.78, 5) is 14.0. The van der Waals surface area contributed by atoms with Crippen LogP contribution < -0.4 is 5.32 Å². The summed E-state index contributed by atoms with van der Waals surface area (Å²) in [5, 5.41) is 3.41. The summed E-state index contributed by atoms with van der Waals surface area (Å²) in [5.41, 5.74) is 0. The van der Waals surface area contributed by atoms with Crippen LogP contribution in [0.15, 0.2) is 12.7 Å². The van der Waals surface area contributed by atoms with Gasteiger partial charge in [0.1, 0.15) is 0 Å². The van der Waals surface area contributed by atoms with Crippen LogP contribution in [0.3, 0.4) is 0 Å². The quantitative estimate of drug-likeness (QED) is 0.716. The van der Waals surface area contributed by atoms with E-state index in [0.29, 0.717) is 18.4 Å². The Morgan fingerprint density at radius 1 is 1.44 bits per heavy atom. The topological polar surface area (TPSA) is 32.3 Å². The fourth-order valence-corrected chi connectivity index (χ4v) is 2.44. The van der Waals surface area contributed by atoms with Gasteiger partial charge in [-0.1, -0.05) is 6.08 Å². The first kappa shape index (κ1) is 11.6. The third-order valence-corrected chi connectivity index (χ3v) is 3.48. The van der Waals surface area contributed by atoms with Crippen molar-refractivity contribution in [3.8, 4) is 0 Å². The Morgan fingerprint density at radius 3 is 2.81 bits per heavy atom. The van der Waals surface area contributed by atoms with Crippen molar-refractivity contribution in [2.75, 3.05) is 19.6 Å². The molecule has 2 rings (SSSR count). The van der Waals surface area contributed by atoms with Crippen LogP contribution in [0, 0.1) is 5.92 Å². The largest absolute Gasteiger partial charge is 0.339 e. The van der Waals surface area contributed by atoms with Gasteiger partial charge in [-0.15, -0.1) is 6.58 Å². The predicted molar refractivity (Wildman–Crippen MR) is 65.1 cm³/mol.